The Morgan fingerprint density at radius 3 is 2.52 bits per heavy atom. The van der Waals surface area contributed by atoms with Gasteiger partial charge in [0.2, 0.25) is 5.91 Å². The zero-order chi connectivity index (χ0) is 16.2. The summed E-state index contributed by atoms with van der Waals surface area (Å²) in [7, 11) is -1.24. The van der Waals surface area contributed by atoms with Gasteiger partial charge in [0, 0.05) is 21.6 Å². The molecule has 7 heteroatoms. The van der Waals surface area contributed by atoms with Crippen molar-refractivity contribution < 1.29 is 9.00 Å². The summed E-state index contributed by atoms with van der Waals surface area (Å²) < 4.78 is 12.1. The summed E-state index contributed by atoms with van der Waals surface area (Å²) in [6.45, 7) is 5.67. The summed E-state index contributed by atoms with van der Waals surface area (Å²) in [4.78, 5) is 12.2. The van der Waals surface area contributed by atoms with Crippen LogP contribution in [0.2, 0.25) is 10.0 Å². The molecule has 4 nitrogen and oxygen atoms in total. The van der Waals surface area contributed by atoms with Crippen LogP contribution in [0.15, 0.2) is 12.1 Å². The molecule has 0 aliphatic carbocycles. The molecule has 3 unspecified atom stereocenters. The fourth-order valence-electron chi connectivity index (χ4n) is 1.61. The fourth-order valence-corrected chi connectivity index (χ4v) is 3.55. The van der Waals surface area contributed by atoms with Gasteiger partial charge >= 0.3 is 0 Å². The summed E-state index contributed by atoms with van der Waals surface area (Å²) >= 11 is 11.8. The predicted molar refractivity (Wildman–Crippen MR) is 91.4 cm³/mol. The number of hydrogen-bond acceptors (Lipinski definition) is 3. The topological polar surface area (TPSA) is 72.2 Å². The molecule has 3 atom stereocenters. The molecule has 0 saturated heterocycles. The van der Waals surface area contributed by atoms with Gasteiger partial charge in [-0.1, -0.05) is 43.5 Å². The van der Waals surface area contributed by atoms with E-state index in [-0.39, 0.29) is 16.6 Å². The van der Waals surface area contributed by atoms with Crippen LogP contribution in [0.3, 0.4) is 0 Å². The molecule has 1 aromatic carbocycles. The third-order valence-corrected chi connectivity index (χ3v) is 5.66. The van der Waals surface area contributed by atoms with Crippen molar-refractivity contribution >= 4 is 51.3 Å². The van der Waals surface area contributed by atoms with Gasteiger partial charge in [0.1, 0.15) is 5.25 Å². The van der Waals surface area contributed by atoms with E-state index in [1.807, 2.05) is 13.8 Å². The number of nitrogens with one attached hydrogen (secondary N) is 1. The quantitative estimate of drug-likeness (QED) is 0.768. The van der Waals surface area contributed by atoms with E-state index in [1.54, 1.807) is 6.92 Å². The van der Waals surface area contributed by atoms with Crippen molar-refractivity contribution in [3.8, 4) is 0 Å². The Balaban J connectivity index is 2.79. The monoisotopic (exact) mass is 350 g/mol. The highest BCUT2D eigenvalue weighted by Gasteiger charge is 2.22. The molecule has 1 amide bonds. The molecule has 0 spiro atoms. The molecule has 1 aromatic rings. The number of carbonyl (C=O) groups is 1. The second kappa shape index (κ2) is 8.01. The minimum Gasteiger partial charge on any atom is -0.397 e. The average molecular weight is 351 g/mol. The van der Waals surface area contributed by atoms with Gasteiger partial charge in [-0.05, 0) is 25.0 Å². The minimum atomic E-state index is -1.24. The first-order valence-electron chi connectivity index (χ1n) is 6.68. The van der Waals surface area contributed by atoms with E-state index in [0.717, 1.165) is 6.42 Å². The van der Waals surface area contributed by atoms with Crippen LogP contribution in [-0.2, 0) is 15.6 Å². The first kappa shape index (κ1) is 18.3. The molecule has 0 bridgehead atoms. The van der Waals surface area contributed by atoms with Crippen LogP contribution in [0, 0.1) is 5.92 Å². The number of hydrogen-bond donors (Lipinski definition) is 2. The summed E-state index contributed by atoms with van der Waals surface area (Å²) in [6, 6.07) is 3.00. The molecule has 1 rings (SSSR count). The standard InChI is InChI=1S/C14H20Cl2N2O2S/c1-4-8(2)7-21(20)9(3)14(19)18-13-11(16)5-10(15)6-12(13)17/h5-6,8-9H,4,7,17H2,1-3H3,(H,18,19). The lowest BCUT2D eigenvalue weighted by atomic mass is 10.2. The highest BCUT2D eigenvalue weighted by atomic mass is 35.5. The van der Waals surface area contributed by atoms with Gasteiger partial charge in [0.05, 0.1) is 16.4 Å². The number of rotatable bonds is 6. The molecular weight excluding hydrogens is 331 g/mol. The van der Waals surface area contributed by atoms with Gasteiger partial charge in [-0.3, -0.25) is 9.00 Å². The Kier molecular flexibility index (Phi) is 6.97. The third kappa shape index (κ3) is 5.16. The molecule has 3 N–H and O–H groups in total. The maximum atomic E-state index is 12.2. The first-order chi connectivity index (χ1) is 9.76. The highest BCUT2D eigenvalue weighted by Crippen LogP contribution is 2.32. The van der Waals surface area contributed by atoms with Gasteiger partial charge in [-0.2, -0.15) is 0 Å². The minimum absolute atomic E-state index is 0.258. The third-order valence-electron chi connectivity index (χ3n) is 3.24. The van der Waals surface area contributed by atoms with Gasteiger partial charge in [0.25, 0.3) is 0 Å². The molecule has 0 saturated carbocycles. The SMILES string of the molecule is CCC(C)CS(=O)C(C)C(=O)Nc1c(N)cc(Cl)cc1Cl. The molecule has 118 valence electrons. The normalized spacial score (nSPS) is 15.3. The van der Waals surface area contributed by atoms with E-state index in [0.29, 0.717) is 22.4 Å². The van der Waals surface area contributed by atoms with Crippen LogP contribution in [-0.4, -0.2) is 21.1 Å². The van der Waals surface area contributed by atoms with Crippen LogP contribution in [0.4, 0.5) is 11.4 Å². The van der Waals surface area contributed by atoms with Crippen molar-refractivity contribution in [2.24, 2.45) is 5.92 Å². The average Bonchev–Trinajstić information content (AvgIpc) is 2.41. The molecule has 0 aromatic heterocycles. The Morgan fingerprint density at radius 2 is 2.00 bits per heavy atom. The van der Waals surface area contributed by atoms with Crippen molar-refractivity contribution in [3.05, 3.63) is 22.2 Å². The zero-order valence-corrected chi connectivity index (χ0v) is 14.6. The number of nitrogens with two attached hydrogens (primary N) is 1. The Morgan fingerprint density at radius 1 is 1.38 bits per heavy atom. The molecule has 0 heterocycles. The highest BCUT2D eigenvalue weighted by molar-refractivity contribution is 7.86. The van der Waals surface area contributed by atoms with E-state index in [9.17, 15) is 9.00 Å². The molecule has 0 aliphatic heterocycles. The van der Waals surface area contributed by atoms with Gasteiger partial charge < -0.3 is 11.1 Å². The number of carbonyl (C=O) groups excluding carboxylic acids is 1. The van der Waals surface area contributed by atoms with E-state index >= 15 is 0 Å². The van der Waals surface area contributed by atoms with E-state index in [1.165, 1.54) is 12.1 Å². The lowest BCUT2D eigenvalue weighted by Gasteiger charge is -2.16. The van der Waals surface area contributed by atoms with E-state index in [2.05, 4.69) is 5.32 Å². The van der Waals surface area contributed by atoms with Gasteiger partial charge in [-0.25, -0.2) is 0 Å². The zero-order valence-electron chi connectivity index (χ0n) is 12.3. The Bertz CT molecular complexity index is 529. The molecule has 0 aliphatic rings. The second-order valence-electron chi connectivity index (χ2n) is 5.04. The molecular formula is C14H20Cl2N2O2S. The van der Waals surface area contributed by atoms with E-state index < -0.39 is 16.0 Å². The van der Waals surface area contributed by atoms with Crippen molar-refractivity contribution in [3.63, 3.8) is 0 Å². The largest absolute Gasteiger partial charge is 0.397 e. The van der Waals surface area contributed by atoms with Crippen LogP contribution in [0.1, 0.15) is 27.2 Å². The summed E-state index contributed by atoms with van der Waals surface area (Å²) in [5.74, 6) is 0.437. The van der Waals surface area contributed by atoms with Crippen molar-refractivity contribution in [1.29, 1.82) is 0 Å². The van der Waals surface area contributed by atoms with Gasteiger partial charge in [-0.15, -0.1) is 0 Å². The predicted octanol–water partition coefficient (Wildman–Crippen LogP) is 3.70. The summed E-state index contributed by atoms with van der Waals surface area (Å²) in [6.07, 6.45) is 0.927. The van der Waals surface area contributed by atoms with Gasteiger partial charge in [0.15, 0.2) is 0 Å². The molecule has 0 fully saturated rings. The van der Waals surface area contributed by atoms with Crippen molar-refractivity contribution in [1.82, 2.24) is 0 Å². The van der Waals surface area contributed by atoms with Crippen LogP contribution in [0.5, 0.6) is 0 Å². The number of halogens is 2. The number of amides is 1. The smallest absolute Gasteiger partial charge is 0.239 e. The van der Waals surface area contributed by atoms with E-state index in [4.69, 9.17) is 28.9 Å². The fraction of sp³-hybridized carbons (Fsp3) is 0.500. The van der Waals surface area contributed by atoms with Crippen LogP contribution < -0.4 is 11.1 Å². The lowest BCUT2D eigenvalue weighted by Crippen LogP contribution is -2.31. The second-order valence-corrected chi connectivity index (χ2v) is 7.69. The van der Waals surface area contributed by atoms with Crippen LogP contribution in [0.25, 0.3) is 0 Å². The first-order valence-corrected chi connectivity index (χ1v) is 8.82. The number of anilines is 2. The summed E-state index contributed by atoms with van der Waals surface area (Å²) in [5, 5.41) is 2.65. The Hall–Kier alpha value is -0.780. The maximum Gasteiger partial charge on any atom is 0.239 e. The van der Waals surface area contributed by atoms with Crippen LogP contribution >= 0.6 is 23.2 Å². The number of nitrogen functional groups attached to an aromatic ring is 1. The number of benzene rings is 1. The molecule has 21 heavy (non-hydrogen) atoms. The van der Waals surface area contributed by atoms with Crippen molar-refractivity contribution in [2.75, 3.05) is 16.8 Å². The lowest BCUT2D eigenvalue weighted by molar-refractivity contribution is -0.115. The van der Waals surface area contributed by atoms with Crippen molar-refractivity contribution in [2.45, 2.75) is 32.4 Å². The summed E-state index contributed by atoms with van der Waals surface area (Å²) in [5.41, 5.74) is 6.37. The maximum absolute atomic E-state index is 12.2. The molecule has 0 radical (unpaired) electrons. The Labute approximate surface area is 137 Å².